The fraction of sp³-hybridized carbons (Fsp3) is 0.467. The number of carbonyl (C=O) groups excluding carboxylic acids is 1. The van der Waals surface area contributed by atoms with Crippen molar-refractivity contribution < 1.29 is 4.79 Å². The third-order valence-corrected chi connectivity index (χ3v) is 4.05. The summed E-state index contributed by atoms with van der Waals surface area (Å²) in [6.07, 6.45) is 5.99. The van der Waals surface area contributed by atoms with Gasteiger partial charge in [-0.05, 0) is 30.9 Å². The van der Waals surface area contributed by atoms with Crippen LogP contribution in [0, 0.1) is 5.92 Å². The molecule has 2 amide bonds. The minimum absolute atomic E-state index is 0.00311. The van der Waals surface area contributed by atoms with Crippen molar-refractivity contribution in [3.63, 3.8) is 0 Å². The first-order chi connectivity index (χ1) is 10.1. The lowest BCUT2D eigenvalue weighted by Crippen LogP contribution is -2.44. The summed E-state index contributed by atoms with van der Waals surface area (Å²) in [5.41, 5.74) is 1.66. The standard InChI is InChI=1S/C15H19ClN4O/c1-11-3-2-6-19(8-11)15(21)17-7-13-10-20-9-12(16)4-5-14(20)18-13/h4-5,9-11H,2-3,6-8H2,1H3,(H,17,21). The maximum atomic E-state index is 12.1. The van der Waals surface area contributed by atoms with Gasteiger partial charge in [0, 0.05) is 25.5 Å². The molecule has 2 aromatic rings. The van der Waals surface area contributed by atoms with Crippen LogP contribution >= 0.6 is 11.6 Å². The van der Waals surface area contributed by atoms with Gasteiger partial charge in [-0.3, -0.25) is 0 Å². The van der Waals surface area contributed by atoms with Crippen LogP contribution in [0.5, 0.6) is 0 Å². The summed E-state index contributed by atoms with van der Waals surface area (Å²) in [6, 6.07) is 3.66. The second-order valence-electron chi connectivity index (χ2n) is 5.70. The van der Waals surface area contributed by atoms with Crippen LogP contribution in [0.15, 0.2) is 24.5 Å². The molecule has 2 aromatic heterocycles. The van der Waals surface area contributed by atoms with Crippen molar-refractivity contribution in [2.45, 2.75) is 26.3 Å². The van der Waals surface area contributed by atoms with Gasteiger partial charge in [0.25, 0.3) is 0 Å². The zero-order valence-electron chi connectivity index (χ0n) is 12.1. The van der Waals surface area contributed by atoms with E-state index < -0.39 is 0 Å². The Kier molecular flexibility index (Phi) is 4.01. The number of carbonyl (C=O) groups is 1. The van der Waals surface area contributed by atoms with Gasteiger partial charge in [0.05, 0.1) is 17.3 Å². The largest absolute Gasteiger partial charge is 0.332 e. The van der Waals surface area contributed by atoms with E-state index in [0.29, 0.717) is 17.5 Å². The summed E-state index contributed by atoms with van der Waals surface area (Å²) in [4.78, 5) is 18.5. The molecule has 1 N–H and O–H groups in total. The number of fused-ring (bicyclic) bond motifs is 1. The molecule has 5 nitrogen and oxygen atoms in total. The summed E-state index contributed by atoms with van der Waals surface area (Å²) in [6.45, 7) is 4.30. The van der Waals surface area contributed by atoms with E-state index in [1.54, 1.807) is 6.07 Å². The smallest absolute Gasteiger partial charge is 0.317 e. The average Bonchev–Trinajstić information content (AvgIpc) is 2.86. The number of hydrogen-bond donors (Lipinski definition) is 1. The van der Waals surface area contributed by atoms with E-state index in [4.69, 9.17) is 11.6 Å². The molecule has 3 heterocycles. The van der Waals surface area contributed by atoms with Gasteiger partial charge < -0.3 is 14.6 Å². The predicted molar refractivity (Wildman–Crippen MR) is 82.4 cm³/mol. The Labute approximate surface area is 128 Å². The number of amides is 2. The lowest BCUT2D eigenvalue weighted by Gasteiger charge is -2.30. The van der Waals surface area contributed by atoms with Crippen LogP contribution in [0.25, 0.3) is 5.65 Å². The minimum Gasteiger partial charge on any atom is -0.332 e. The van der Waals surface area contributed by atoms with Gasteiger partial charge in [0.1, 0.15) is 5.65 Å². The summed E-state index contributed by atoms with van der Waals surface area (Å²) in [5, 5.41) is 3.61. The summed E-state index contributed by atoms with van der Waals surface area (Å²) in [5.74, 6) is 0.585. The van der Waals surface area contributed by atoms with Crippen molar-refractivity contribution in [3.05, 3.63) is 35.2 Å². The third-order valence-electron chi connectivity index (χ3n) is 3.83. The van der Waals surface area contributed by atoms with Crippen LogP contribution in [0.4, 0.5) is 4.79 Å². The lowest BCUT2D eigenvalue weighted by molar-refractivity contribution is 0.169. The highest BCUT2D eigenvalue weighted by Gasteiger charge is 2.20. The molecule has 0 saturated carbocycles. The highest BCUT2D eigenvalue weighted by Crippen LogP contribution is 2.15. The number of hydrogen-bond acceptors (Lipinski definition) is 2. The van der Waals surface area contributed by atoms with Gasteiger partial charge in [0.2, 0.25) is 0 Å². The third kappa shape index (κ3) is 3.29. The van der Waals surface area contributed by atoms with Crippen molar-refractivity contribution in [2.24, 2.45) is 5.92 Å². The summed E-state index contributed by atoms with van der Waals surface area (Å²) < 4.78 is 1.87. The summed E-state index contributed by atoms with van der Waals surface area (Å²) in [7, 11) is 0. The number of likely N-dealkylation sites (tertiary alicyclic amines) is 1. The molecule has 0 aliphatic carbocycles. The minimum atomic E-state index is -0.00311. The molecule has 112 valence electrons. The number of rotatable bonds is 2. The SMILES string of the molecule is CC1CCCN(C(=O)NCc2cn3cc(Cl)ccc3n2)C1. The topological polar surface area (TPSA) is 49.6 Å². The Morgan fingerprint density at radius 1 is 1.48 bits per heavy atom. The number of nitrogens with one attached hydrogen (secondary N) is 1. The maximum absolute atomic E-state index is 12.1. The molecule has 1 saturated heterocycles. The molecular weight excluding hydrogens is 288 g/mol. The van der Waals surface area contributed by atoms with Gasteiger partial charge in [-0.2, -0.15) is 0 Å². The molecule has 1 atom stereocenters. The van der Waals surface area contributed by atoms with E-state index in [-0.39, 0.29) is 6.03 Å². The van der Waals surface area contributed by atoms with Gasteiger partial charge in [0.15, 0.2) is 0 Å². The second-order valence-corrected chi connectivity index (χ2v) is 6.13. The number of piperidine rings is 1. The number of aromatic nitrogens is 2. The molecule has 0 aromatic carbocycles. The number of imidazole rings is 1. The fourth-order valence-corrected chi connectivity index (χ4v) is 2.92. The van der Waals surface area contributed by atoms with Gasteiger partial charge >= 0.3 is 6.03 Å². The van der Waals surface area contributed by atoms with E-state index in [2.05, 4.69) is 17.2 Å². The van der Waals surface area contributed by atoms with Crippen molar-refractivity contribution in [2.75, 3.05) is 13.1 Å². The lowest BCUT2D eigenvalue weighted by atomic mass is 10.0. The molecule has 1 fully saturated rings. The Balaban J connectivity index is 1.61. The summed E-state index contributed by atoms with van der Waals surface area (Å²) >= 11 is 5.95. The van der Waals surface area contributed by atoms with Gasteiger partial charge in [-0.1, -0.05) is 18.5 Å². The van der Waals surface area contributed by atoms with E-state index in [1.165, 1.54) is 6.42 Å². The van der Waals surface area contributed by atoms with Crippen molar-refractivity contribution in [1.29, 1.82) is 0 Å². The Bertz CT molecular complexity index is 654. The van der Waals surface area contributed by atoms with Gasteiger partial charge in [-0.15, -0.1) is 0 Å². The number of urea groups is 1. The number of halogens is 1. The first-order valence-corrected chi connectivity index (χ1v) is 7.65. The molecule has 21 heavy (non-hydrogen) atoms. The van der Waals surface area contributed by atoms with Crippen LogP contribution in [-0.4, -0.2) is 33.4 Å². The van der Waals surface area contributed by atoms with Crippen LogP contribution in [0.1, 0.15) is 25.5 Å². The van der Waals surface area contributed by atoms with Gasteiger partial charge in [-0.25, -0.2) is 9.78 Å². The van der Waals surface area contributed by atoms with Crippen LogP contribution in [0.2, 0.25) is 5.02 Å². The predicted octanol–water partition coefficient (Wildman–Crippen LogP) is 2.93. The molecule has 3 rings (SSSR count). The van der Waals surface area contributed by atoms with E-state index in [0.717, 1.165) is 30.9 Å². The molecule has 1 aliphatic heterocycles. The van der Waals surface area contributed by atoms with Crippen molar-refractivity contribution in [3.8, 4) is 0 Å². The molecule has 1 unspecified atom stereocenters. The van der Waals surface area contributed by atoms with Crippen LogP contribution in [0.3, 0.4) is 0 Å². The van der Waals surface area contributed by atoms with E-state index in [9.17, 15) is 4.79 Å². The highest BCUT2D eigenvalue weighted by atomic mass is 35.5. The normalized spacial score (nSPS) is 19.0. The van der Waals surface area contributed by atoms with E-state index in [1.807, 2.05) is 27.8 Å². The Hall–Kier alpha value is -1.75. The Morgan fingerprint density at radius 3 is 3.14 bits per heavy atom. The molecule has 0 spiro atoms. The molecular formula is C15H19ClN4O. The van der Waals surface area contributed by atoms with Crippen LogP contribution < -0.4 is 5.32 Å². The van der Waals surface area contributed by atoms with Crippen LogP contribution in [-0.2, 0) is 6.54 Å². The van der Waals surface area contributed by atoms with E-state index >= 15 is 0 Å². The fourth-order valence-electron chi connectivity index (χ4n) is 2.75. The number of pyridine rings is 1. The highest BCUT2D eigenvalue weighted by molar-refractivity contribution is 6.30. The Morgan fingerprint density at radius 2 is 2.33 bits per heavy atom. The second kappa shape index (κ2) is 5.93. The van der Waals surface area contributed by atoms with Crippen molar-refractivity contribution >= 4 is 23.3 Å². The number of nitrogens with zero attached hydrogens (tertiary/aromatic N) is 3. The first-order valence-electron chi connectivity index (χ1n) is 7.28. The monoisotopic (exact) mass is 306 g/mol. The zero-order valence-corrected chi connectivity index (χ0v) is 12.8. The molecule has 0 radical (unpaired) electrons. The quantitative estimate of drug-likeness (QED) is 0.927. The molecule has 6 heteroatoms. The molecule has 0 bridgehead atoms. The maximum Gasteiger partial charge on any atom is 0.317 e. The molecule has 1 aliphatic rings. The average molecular weight is 307 g/mol. The zero-order chi connectivity index (χ0) is 14.8. The van der Waals surface area contributed by atoms with Crippen molar-refractivity contribution in [1.82, 2.24) is 19.6 Å². The first kappa shape index (κ1) is 14.2.